The van der Waals surface area contributed by atoms with Crippen molar-refractivity contribution < 1.29 is 18.7 Å². The second kappa shape index (κ2) is 10.1. The molecule has 1 N–H and O–H groups in total. The van der Waals surface area contributed by atoms with Gasteiger partial charge < -0.3 is 9.47 Å². The molecule has 0 aromatic heterocycles. The van der Waals surface area contributed by atoms with Crippen LogP contribution < -0.4 is 14.4 Å². The summed E-state index contributed by atoms with van der Waals surface area (Å²) in [6.07, 6.45) is 1.75. The maximum atomic E-state index is 13.9. The Kier molecular flexibility index (Phi) is 7.03. The first-order chi connectivity index (χ1) is 16.4. The quantitative estimate of drug-likeness (QED) is 0.397. The minimum Gasteiger partial charge on any atom is -0.490 e. The zero-order valence-electron chi connectivity index (χ0n) is 19.2. The maximum Gasteiger partial charge on any atom is 0.271 e. The number of amidine groups is 1. The first kappa shape index (κ1) is 23.6. The standard InChI is InChI=1S/C27H25FN2O3S/c1-4-32-24-14-19(11-12-23(24)33-16-20-7-5-6-8-21(20)28)15-25-26(31)30(27(29)34-25)22-13-17(2)9-10-18(22)3/h5-15,29H,4,16H2,1-3H3/b25-15+,29-27?. The van der Waals surface area contributed by atoms with Crippen LogP contribution in [0, 0.1) is 25.1 Å². The smallest absolute Gasteiger partial charge is 0.271 e. The molecule has 0 saturated carbocycles. The van der Waals surface area contributed by atoms with Crippen LogP contribution in [0.15, 0.2) is 65.6 Å². The van der Waals surface area contributed by atoms with Crippen LogP contribution in [0.2, 0.25) is 0 Å². The molecule has 0 unspecified atom stereocenters. The molecular weight excluding hydrogens is 451 g/mol. The molecule has 0 aliphatic carbocycles. The Morgan fingerprint density at radius 1 is 1.03 bits per heavy atom. The van der Waals surface area contributed by atoms with E-state index in [1.54, 1.807) is 36.4 Å². The molecule has 1 heterocycles. The fourth-order valence-corrected chi connectivity index (χ4v) is 4.44. The summed E-state index contributed by atoms with van der Waals surface area (Å²) < 4.78 is 25.5. The number of amides is 1. The lowest BCUT2D eigenvalue weighted by Crippen LogP contribution is -2.28. The van der Waals surface area contributed by atoms with Gasteiger partial charge in [0.25, 0.3) is 5.91 Å². The zero-order valence-corrected chi connectivity index (χ0v) is 20.0. The number of nitrogens with zero attached hydrogens (tertiary/aromatic N) is 1. The molecule has 1 aliphatic rings. The molecule has 0 bridgehead atoms. The summed E-state index contributed by atoms with van der Waals surface area (Å²) in [5, 5.41) is 8.55. The Labute approximate surface area is 202 Å². The minimum atomic E-state index is -0.325. The van der Waals surface area contributed by atoms with Crippen molar-refractivity contribution in [2.75, 3.05) is 11.5 Å². The first-order valence-corrected chi connectivity index (χ1v) is 11.7. The highest BCUT2D eigenvalue weighted by molar-refractivity contribution is 8.19. The Bertz CT molecular complexity index is 1290. The van der Waals surface area contributed by atoms with Crippen molar-refractivity contribution in [3.8, 4) is 11.5 Å². The number of aryl methyl sites for hydroxylation is 2. The van der Waals surface area contributed by atoms with E-state index in [1.165, 1.54) is 11.0 Å². The second-order valence-corrected chi connectivity index (χ2v) is 8.90. The lowest BCUT2D eigenvalue weighted by atomic mass is 10.1. The molecule has 4 rings (SSSR count). The molecular formula is C27H25FN2O3S. The molecule has 7 heteroatoms. The highest BCUT2D eigenvalue weighted by atomic mass is 32.2. The molecule has 1 amide bonds. The number of nitrogens with one attached hydrogen (secondary N) is 1. The van der Waals surface area contributed by atoms with Gasteiger partial charge in [0.1, 0.15) is 12.4 Å². The topological polar surface area (TPSA) is 62.6 Å². The summed E-state index contributed by atoms with van der Waals surface area (Å²) in [7, 11) is 0. The molecule has 0 spiro atoms. The zero-order chi connectivity index (χ0) is 24.2. The van der Waals surface area contributed by atoms with Crippen molar-refractivity contribution in [2.24, 2.45) is 0 Å². The van der Waals surface area contributed by atoms with Gasteiger partial charge in [-0.05, 0) is 79.6 Å². The van der Waals surface area contributed by atoms with Gasteiger partial charge in [-0.1, -0.05) is 36.4 Å². The van der Waals surface area contributed by atoms with Crippen LogP contribution in [0.3, 0.4) is 0 Å². The normalized spacial score (nSPS) is 14.7. The van der Waals surface area contributed by atoms with E-state index in [0.717, 1.165) is 34.1 Å². The number of hydrogen-bond donors (Lipinski definition) is 1. The van der Waals surface area contributed by atoms with Crippen LogP contribution in [0.5, 0.6) is 11.5 Å². The summed E-state index contributed by atoms with van der Waals surface area (Å²) in [5.41, 5.74) is 3.87. The monoisotopic (exact) mass is 476 g/mol. The predicted molar refractivity (Wildman–Crippen MR) is 135 cm³/mol. The number of halogens is 1. The van der Waals surface area contributed by atoms with Crippen molar-refractivity contribution >= 4 is 34.6 Å². The van der Waals surface area contributed by atoms with Crippen molar-refractivity contribution in [2.45, 2.75) is 27.4 Å². The average molecular weight is 477 g/mol. The van der Waals surface area contributed by atoms with Gasteiger partial charge in [0.15, 0.2) is 16.7 Å². The molecule has 174 valence electrons. The van der Waals surface area contributed by atoms with E-state index in [4.69, 9.17) is 14.9 Å². The van der Waals surface area contributed by atoms with Gasteiger partial charge in [0.2, 0.25) is 0 Å². The van der Waals surface area contributed by atoms with Gasteiger partial charge in [-0.2, -0.15) is 0 Å². The average Bonchev–Trinajstić information content (AvgIpc) is 3.08. The van der Waals surface area contributed by atoms with Gasteiger partial charge in [-0.3, -0.25) is 15.1 Å². The Hall–Kier alpha value is -3.58. The highest BCUT2D eigenvalue weighted by Crippen LogP contribution is 2.38. The van der Waals surface area contributed by atoms with Crippen LogP contribution in [-0.2, 0) is 11.4 Å². The molecule has 5 nitrogen and oxygen atoms in total. The third kappa shape index (κ3) is 4.99. The van der Waals surface area contributed by atoms with E-state index in [9.17, 15) is 9.18 Å². The molecule has 1 aliphatic heterocycles. The summed E-state index contributed by atoms with van der Waals surface area (Å²) in [5.74, 6) is 0.434. The van der Waals surface area contributed by atoms with Gasteiger partial charge in [-0.25, -0.2) is 4.39 Å². The predicted octanol–water partition coefficient (Wildman–Crippen LogP) is 6.48. The summed E-state index contributed by atoms with van der Waals surface area (Å²) in [6, 6.07) is 17.7. The van der Waals surface area contributed by atoms with Crippen LogP contribution >= 0.6 is 11.8 Å². The van der Waals surface area contributed by atoms with Crippen molar-refractivity contribution in [1.82, 2.24) is 0 Å². The van der Waals surface area contributed by atoms with E-state index in [0.29, 0.717) is 28.6 Å². The van der Waals surface area contributed by atoms with Crippen LogP contribution in [0.4, 0.5) is 10.1 Å². The third-order valence-electron chi connectivity index (χ3n) is 5.34. The van der Waals surface area contributed by atoms with E-state index in [2.05, 4.69) is 0 Å². The molecule has 34 heavy (non-hydrogen) atoms. The van der Waals surface area contributed by atoms with Gasteiger partial charge in [-0.15, -0.1) is 0 Å². The summed E-state index contributed by atoms with van der Waals surface area (Å²) >= 11 is 1.13. The van der Waals surface area contributed by atoms with Crippen molar-refractivity contribution in [3.63, 3.8) is 0 Å². The molecule has 3 aromatic rings. The third-order valence-corrected chi connectivity index (χ3v) is 6.22. The van der Waals surface area contributed by atoms with Crippen molar-refractivity contribution in [1.29, 1.82) is 5.41 Å². The number of carbonyl (C=O) groups is 1. The van der Waals surface area contributed by atoms with Gasteiger partial charge in [0.05, 0.1) is 17.2 Å². The second-order valence-electron chi connectivity index (χ2n) is 7.87. The fraction of sp³-hybridized carbons (Fsp3) is 0.185. The van der Waals surface area contributed by atoms with E-state index in [-0.39, 0.29) is 23.5 Å². The summed E-state index contributed by atoms with van der Waals surface area (Å²) in [4.78, 5) is 15.0. The SMILES string of the molecule is CCOc1cc(/C=C2/SC(=N)N(c3cc(C)ccc3C)C2=O)ccc1OCc1ccccc1F. The molecule has 3 aromatic carbocycles. The number of rotatable bonds is 7. The molecule has 0 radical (unpaired) electrons. The maximum absolute atomic E-state index is 13.9. The lowest BCUT2D eigenvalue weighted by molar-refractivity contribution is -0.113. The largest absolute Gasteiger partial charge is 0.490 e. The van der Waals surface area contributed by atoms with E-state index < -0.39 is 0 Å². The summed E-state index contributed by atoms with van der Waals surface area (Å²) in [6.45, 7) is 6.25. The molecule has 0 atom stereocenters. The number of carbonyl (C=O) groups excluding carboxylic acids is 1. The number of anilines is 1. The molecule has 1 saturated heterocycles. The number of ether oxygens (including phenoxy) is 2. The Morgan fingerprint density at radius 3 is 2.59 bits per heavy atom. The minimum absolute atomic E-state index is 0.0729. The Balaban J connectivity index is 1.58. The van der Waals surface area contributed by atoms with Gasteiger partial charge in [0, 0.05) is 5.56 Å². The van der Waals surface area contributed by atoms with Crippen LogP contribution in [0.1, 0.15) is 29.2 Å². The lowest BCUT2D eigenvalue weighted by Gasteiger charge is -2.17. The van der Waals surface area contributed by atoms with Gasteiger partial charge >= 0.3 is 0 Å². The first-order valence-electron chi connectivity index (χ1n) is 10.9. The van der Waals surface area contributed by atoms with E-state index >= 15 is 0 Å². The van der Waals surface area contributed by atoms with Crippen LogP contribution in [0.25, 0.3) is 6.08 Å². The number of benzene rings is 3. The van der Waals surface area contributed by atoms with Crippen molar-refractivity contribution in [3.05, 3.63) is 93.6 Å². The fourth-order valence-electron chi connectivity index (χ4n) is 3.59. The highest BCUT2D eigenvalue weighted by Gasteiger charge is 2.34. The van der Waals surface area contributed by atoms with E-state index in [1.807, 2.05) is 45.0 Å². The van der Waals surface area contributed by atoms with Crippen LogP contribution in [-0.4, -0.2) is 17.7 Å². The Morgan fingerprint density at radius 2 is 1.82 bits per heavy atom. The number of thioether (sulfide) groups is 1. The number of hydrogen-bond acceptors (Lipinski definition) is 5. The molecule has 1 fully saturated rings.